The topological polar surface area (TPSA) is 24.9 Å². The zero-order valence-corrected chi connectivity index (χ0v) is 13.0. The van der Waals surface area contributed by atoms with E-state index in [1.54, 1.807) is 6.07 Å². The number of halogens is 2. The average Bonchev–Trinajstić information content (AvgIpc) is 2.48. The number of nitrogens with one attached hydrogen (secondary N) is 1. The van der Waals surface area contributed by atoms with Gasteiger partial charge in [-0.2, -0.15) is 0 Å². The number of fused-ring (bicyclic) bond motifs is 1. The molecule has 0 atom stereocenters. The second-order valence-corrected chi connectivity index (χ2v) is 5.76. The molecule has 0 aliphatic heterocycles. The minimum atomic E-state index is 0.642. The lowest BCUT2D eigenvalue weighted by atomic mass is 10.1. The Bertz CT molecular complexity index is 800. The Kier molecular flexibility index (Phi) is 4.00. The molecule has 4 heteroatoms. The van der Waals surface area contributed by atoms with E-state index in [2.05, 4.69) is 35.4 Å². The van der Waals surface area contributed by atoms with E-state index in [9.17, 15) is 0 Å². The molecule has 0 fully saturated rings. The van der Waals surface area contributed by atoms with Crippen molar-refractivity contribution in [2.75, 3.05) is 5.32 Å². The molecule has 3 aromatic rings. The van der Waals surface area contributed by atoms with Gasteiger partial charge in [0.25, 0.3) is 0 Å². The van der Waals surface area contributed by atoms with E-state index in [-0.39, 0.29) is 0 Å². The van der Waals surface area contributed by atoms with Gasteiger partial charge in [-0.25, -0.2) is 0 Å². The molecule has 0 bridgehead atoms. The van der Waals surface area contributed by atoms with E-state index >= 15 is 0 Å². The van der Waals surface area contributed by atoms with Gasteiger partial charge in [-0.3, -0.25) is 4.98 Å². The Morgan fingerprint density at radius 2 is 1.95 bits per heavy atom. The standard InChI is InChI=1S/C17H14Cl2N2/c1-11-4-7-16(14-3-2-8-20-17(11)14)21-10-12-5-6-13(18)9-15(12)19/h2-9,21H,10H2,1H3. The first-order chi connectivity index (χ1) is 10.1. The van der Waals surface area contributed by atoms with Gasteiger partial charge in [0, 0.05) is 33.9 Å². The summed E-state index contributed by atoms with van der Waals surface area (Å²) in [6, 6.07) is 13.7. The molecule has 1 heterocycles. The van der Waals surface area contributed by atoms with Crippen molar-refractivity contribution in [1.82, 2.24) is 4.98 Å². The predicted molar refractivity (Wildman–Crippen MR) is 90.3 cm³/mol. The van der Waals surface area contributed by atoms with Crippen LogP contribution in [0.3, 0.4) is 0 Å². The number of benzene rings is 2. The molecular weight excluding hydrogens is 303 g/mol. The Balaban J connectivity index is 1.90. The fraction of sp³-hybridized carbons (Fsp3) is 0.118. The summed E-state index contributed by atoms with van der Waals surface area (Å²) < 4.78 is 0. The summed E-state index contributed by atoms with van der Waals surface area (Å²) in [5.74, 6) is 0. The van der Waals surface area contributed by atoms with Crippen LogP contribution in [0, 0.1) is 6.92 Å². The molecule has 1 N–H and O–H groups in total. The van der Waals surface area contributed by atoms with E-state index in [1.165, 1.54) is 5.56 Å². The van der Waals surface area contributed by atoms with E-state index in [1.807, 2.05) is 24.4 Å². The number of hydrogen-bond acceptors (Lipinski definition) is 2. The summed E-state index contributed by atoms with van der Waals surface area (Å²) in [5.41, 5.74) is 4.25. The maximum absolute atomic E-state index is 6.20. The van der Waals surface area contributed by atoms with Crippen molar-refractivity contribution in [3.8, 4) is 0 Å². The van der Waals surface area contributed by atoms with Crippen molar-refractivity contribution in [1.29, 1.82) is 0 Å². The highest BCUT2D eigenvalue weighted by Crippen LogP contribution is 2.26. The first-order valence-corrected chi connectivity index (χ1v) is 7.43. The highest BCUT2D eigenvalue weighted by Gasteiger charge is 2.06. The van der Waals surface area contributed by atoms with Crippen LogP contribution in [-0.2, 0) is 6.54 Å². The fourth-order valence-electron chi connectivity index (χ4n) is 2.32. The van der Waals surface area contributed by atoms with Crippen LogP contribution < -0.4 is 5.32 Å². The van der Waals surface area contributed by atoms with Gasteiger partial charge in [-0.1, -0.05) is 35.3 Å². The second-order valence-electron chi connectivity index (χ2n) is 4.92. The van der Waals surface area contributed by atoms with Gasteiger partial charge >= 0.3 is 0 Å². The molecule has 106 valence electrons. The molecule has 0 aliphatic carbocycles. The molecule has 2 aromatic carbocycles. The van der Waals surface area contributed by atoms with Crippen molar-refractivity contribution in [3.05, 3.63) is 69.8 Å². The van der Waals surface area contributed by atoms with Crippen LogP contribution in [0.1, 0.15) is 11.1 Å². The molecule has 0 saturated heterocycles. The number of pyridine rings is 1. The normalized spacial score (nSPS) is 10.8. The molecule has 0 amide bonds. The third-order valence-electron chi connectivity index (χ3n) is 3.46. The maximum Gasteiger partial charge on any atom is 0.0751 e. The molecule has 0 saturated carbocycles. The quantitative estimate of drug-likeness (QED) is 0.693. The number of aryl methyl sites for hydroxylation is 1. The molecule has 2 nitrogen and oxygen atoms in total. The second kappa shape index (κ2) is 5.92. The third-order valence-corrected chi connectivity index (χ3v) is 4.04. The summed E-state index contributed by atoms with van der Waals surface area (Å²) in [5, 5.41) is 5.86. The van der Waals surface area contributed by atoms with Crippen molar-refractivity contribution in [2.45, 2.75) is 13.5 Å². The minimum absolute atomic E-state index is 0.642. The number of anilines is 1. The molecule has 1 aromatic heterocycles. The summed E-state index contributed by atoms with van der Waals surface area (Å²) in [6.07, 6.45) is 1.81. The molecule has 21 heavy (non-hydrogen) atoms. The number of aromatic nitrogens is 1. The van der Waals surface area contributed by atoms with Crippen LogP contribution in [0.15, 0.2) is 48.7 Å². The maximum atomic E-state index is 6.20. The van der Waals surface area contributed by atoms with Crippen LogP contribution >= 0.6 is 23.2 Å². The van der Waals surface area contributed by atoms with Gasteiger partial charge < -0.3 is 5.32 Å². The summed E-state index contributed by atoms with van der Waals surface area (Å²) in [4.78, 5) is 4.44. The zero-order valence-electron chi connectivity index (χ0n) is 11.5. The van der Waals surface area contributed by atoms with Crippen LogP contribution in [0.2, 0.25) is 10.0 Å². The minimum Gasteiger partial charge on any atom is -0.380 e. The van der Waals surface area contributed by atoms with Gasteiger partial charge in [0.05, 0.1) is 5.52 Å². The Morgan fingerprint density at radius 1 is 1.10 bits per heavy atom. The monoisotopic (exact) mass is 316 g/mol. The van der Waals surface area contributed by atoms with Gasteiger partial charge in [0.2, 0.25) is 0 Å². The Morgan fingerprint density at radius 3 is 2.76 bits per heavy atom. The summed E-state index contributed by atoms with van der Waals surface area (Å²) in [6.45, 7) is 2.71. The average molecular weight is 317 g/mol. The summed E-state index contributed by atoms with van der Waals surface area (Å²) in [7, 11) is 0. The Hall–Kier alpha value is -1.77. The highest BCUT2D eigenvalue weighted by molar-refractivity contribution is 6.35. The first-order valence-electron chi connectivity index (χ1n) is 6.67. The van der Waals surface area contributed by atoms with Crippen LogP contribution in [-0.4, -0.2) is 4.98 Å². The molecular formula is C17H14Cl2N2. The molecule has 0 spiro atoms. The lowest BCUT2D eigenvalue weighted by Gasteiger charge is -2.12. The number of rotatable bonds is 3. The van der Waals surface area contributed by atoms with E-state index in [0.29, 0.717) is 16.6 Å². The number of nitrogens with zero attached hydrogens (tertiary/aromatic N) is 1. The van der Waals surface area contributed by atoms with Crippen molar-refractivity contribution in [3.63, 3.8) is 0 Å². The van der Waals surface area contributed by atoms with Gasteiger partial charge in [0.15, 0.2) is 0 Å². The number of hydrogen-bond donors (Lipinski definition) is 1. The largest absolute Gasteiger partial charge is 0.380 e. The summed E-state index contributed by atoms with van der Waals surface area (Å²) >= 11 is 12.1. The third kappa shape index (κ3) is 2.97. The lowest BCUT2D eigenvalue weighted by molar-refractivity contribution is 1.15. The van der Waals surface area contributed by atoms with Crippen LogP contribution in [0.5, 0.6) is 0 Å². The van der Waals surface area contributed by atoms with E-state index in [0.717, 1.165) is 22.2 Å². The molecule has 0 unspecified atom stereocenters. The highest BCUT2D eigenvalue weighted by atomic mass is 35.5. The zero-order chi connectivity index (χ0) is 14.8. The van der Waals surface area contributed by atoms with Crippen molar-refractivity contribution >= 4 is 39.8 Å². The lowest BCUT2D eigenvalue weighted by Crippen LogP contribution is -2.01. The predicted octanol–water partition coefficient (Wildman–Crippen LogP) is 5.46. The first kappa shape index (κ1) is 14.2. The van der Waals surface area contributed by atoms with Crippen LogP contribution in [0.25, 0.3) is 10.9 Å². The van der Waals surface area contributed by atoms with Gasteiger partial charge in [0.1, 0.15) is 0 Å². The van der Waals surface area contributed by atoms with Crippen molar-refractivity contribution < 1.29 is 0 Å². The molecule has 0 aliphatic rings. The van der Waals surface area contributed by atoms with Crippen molar-refractivity contribution in [2.24, 2.45) is 0 Å². The molecule has 0 radical (unpaired) electrons. The van der Waals surface area contributed by atoms with E-state index in [4.69, 9.17) is 23.2 Å². The van der Waals surface area contributed by atoms with Crippen LogP contribution in [0.4, 0.5) is 5.69 Å². The van der Waals surface area contributed by atoms with E-state index < -0.39 is 0 Å². The fourth-order valence-corrected chi connectivity index (χ4v) is 2.80. The Labute approximate surface area is 133 Å². The smallest absolute Gasteiger partial charge is 0.0751 e. The van der Waals surface area contributed by atoms with Gasteiger partial charge in [-0.05, 0) is 48.4 Å². The van der Waals surface area contributed by atoms with Gasteiger partial charge in [-0.15, -0.1) is 0 Å². The molecule has 3 rings (SSSR count). The SMILES string of the molecule is Cc1ccc(NCc2ccc(Cl)cc2Cl)c2cccnc12.